The van der Waals surface area contributed by atoms with Crippen molar-refractivity contribution in [1.29, 1.82) is 0 Å². The average molecular weight is 404 g/mol. The van der Waals surface area contributed by atoms with Gasteiger partial charge in [0.2, 0.25) is 5.95 Å². The summed E-state index contributed by atoms with van der Waals surface area (Å²) in [5, 5.41) is 0. The summed E-state index contributed by atoms with van der Waals surface area (Å²) in [6.07, 6.45) is 4.23. The van der Waals surface area contributed by atoms with E-state index in [9.17, 15) is 0 Å². The van der Waals surface area contributed by atoms with Crippen LogP contribution in [-0.2, 0) is 6.54 Å². The van der Waals surface area contributed by atoms with Crippen LogP contribution in [0.15, 0.2) is 17.3 Å². The van der Waals surface area contributed by atoms with Crippen LogP contribution in [0.1, 0.15) is 25.5 Å². The fourth-order valence-corrected chi connectivity index (χ4v) is 2.35. The van der Waals surface area contributed by atoms with Crippen LogP contribution in [0.2, 0.25) is 0 Å². The van der Waals surface area contributed by atoms with Gasteiger partial charge in [-0.3, -0.25) is 0 Å². The van der Waals surface area contributed by atoms with Gasteiger partial charge in [0.25, 0.3) is 0 Å². The molecule has 2 rings (SSSR count). The lowest BCUT2D eigenvalue weighted by molar-refractivity contribution is 0.270. The van der Waals surface area contributed by atoms with Crippen molar-refractivity contribution in [1.82, 2.24) is 14.9 Å². The highest BCUT2D eigenvalue weighted by Gasteiger charge is 2.17. The Morgan fingerprint density at radius 2 is 2.29 bits per heavy atom. The molecule has 0 amide bonds. The number of halogens is 1. The lowest BCUT2D eigenvalue weighted by Crippen LogP contribution is -2.43. The number of aromatic nitrogens is 2. The molecular weight excluding hydrogens is 379 g/mol. The van der Waals surface area contributed by atoms with Gasteiger partial charge in [-0.1, -0.05) is 6.92 Å². The zero-order valence-electron chi connectivity index (χ0n) is 13.0. The van der Waals surface area contributed by atoms with Crippen molar-refractivity contribution in [2.45, 2.75) is 26.3 Å². The third kappa shape index (κ3) is 5.29. The Kier molecular flexibility index (Phi) is 7.13. The molecule has 1 aromatic rings. The number of piperidine rings is 1. The van der Waals surface area contributed by atoms with Crippen LogP contribution in [0.4, 0.5) is 5.95 Å². The maximum Gasteiger partial charge on any atom is 0.225 e. The number of aliphatic imine (C=N–C) groups is 1. The number of anilines is 1. The number of hydrogen-bond donors (Lipinski definition) is 1. The molecule has 2 N–H and O–H groups in total. The molecule has 1 aromatic heterocycles. The van der Waals surface area contributed by atoms with Crippen molar-refractivity contribution in [2.24, 2.45) is 16.6 Å². The lowest BCUT2D eigenvalue weighted by atomic mass is 10.0. The van der Waals surface area contributed by atoms with Gasteiger partial charge in [0.15, 0.2) is 5.96 Å². The monoisotopic (exact) mass is 404 g/mol. The van der Waals surface area contributed by atoms with E-state index in [1.165, 1.54) is 12.8 Å². The number of likely N-dealkylation sites (tertiary alicyclic amines) is 1. The minimum absolute atomic E-state index is 0. The Hall–Kier alpha value is -1.12. The van der Waals surface area contributed by atoms with Gasteiger partial charge in [0.1, 0.15) is 0 Å². The van der Waals surface area contributed by atoms with E-state index in [2.05, 4.69) is 26.8 Å². The third-order valence-electron chi connectivity index (χ3n) is 3.48. The summed E-state index contributed by atoms with van der Waals surface area (Å²) in [4.78, 5) is 17.1. The summed E-state index contributed by atoms with van der Waals surface area (Å²) in [6, 6.07) is 1.88. The molecule has 0 radical (unpaired) electrons. The van der Waals surface area contributed by atoms with Crippen LogP contribution in [0.5, 0.6) is 0 Å². The van der Waals surface area contributed by atoms with Crippen molar-refractivity contribution >= 4 is 35.9 Å². The Morgan fingerprint density at radius 3 is 2.95 bits per heavy atom. The molecule has 1 aliphatic rings. The van der Waals surface area contributed by atoms with E-state index in [1.54, 1.807) is 6.20 Å². The van der Waals surface area contributed by atoms with E-state index in [1.807, 2.05) is 25.1 Å². The molecule has 0 saturated carbocycles. The van der Waals surface area contributed by atoms with Gasteiger partial charge < -0.3 is 15.5 Å². The van der Waals surface area contributed by atoms with Gasteiger partial charge >= 0.3 is 0 Å². The van der Waals surface area contributed by atoms with Crippen molar-refractivity contribution in [3.63, 3.8) is 0 Å². The van der Waals surface area contributed by atoms with Gasteiger partial charge in [-0.15, -0.1) is 24.0 Å². The largest absolute Gasteiger partial charge is 0.370 e. The lowest BCUT2D eigenvalue weighted by Gasteiger charge is -2.31. The summed E-state index contributed by atoms with van der Waals surface area (Å²) in [5.74, 6) is 2.02. The maximum atomic E-state index is 6.08. The number of guanidine groups is 1. The van der Waals surface area contributed by atoms with Crippen LogP contribution in [0.3, 0.4) is 0 Å². The number of nitrogens with zero attached hydrogens (tertiary/aromatic N) is 5. The molecule has 1 saturated heterocycles. The minimum Gasteiger partial charge on any atom is -0.370 e. The molecule has 7 heteroatoms. The summed E-state index contributed by atoms with van der Waals surface area (Å²) >= 11 is 0. The van der Waals surface area contributed by atoms with Gasteiger partial charge in [-0.2, -0.15) is 0 Å². The zero-order valence-corrected chi connectivity index (χ0v) is 15.3. The minimum atomic E-state index is 0. The van der Waals surface area contributed by atoms with E-state index < -0.39 is 0 Å². The first kappa shape index (κ1) is 17.9. The normalized spacial score (nSPS) is 19.1. The predicted octanol–water partition coefficient (Wildman–Crippen LogP) is 1.71. The molecule has 0 aliphatic carbocycles. The van der Waals surface area contributed by atoms with Crippen molar-refractivity contribution in [3.05, 3.63) is 18.0 Å². The molecule has 118 valence electrons. The predicted molar refractivity (Wildman–Crippen MR) is 97.1 cm³/mol. The molecule has 0 spiro atoms. The second-order valence-electron chi connectivity index (χ2n) is 5.61. The first-order chi connectivity index (χ1) is 9.56. The number of rotatable bonds is 3. The van der Waals surface area contributed by atoms with Crippen LogP contribution in [0, 0.1) is 5.92 Å². The molecule has 2 heterocycles. The summed E-state index contributed by atoms with van der Waals surface area (Å²) in [5.41, 5.74) is 6.96. The Balaban J connectivity index is 0.00000220. The second-order valence-corrected chi connectivity index (χ2v) is 5.61. The van der Waals surface area contributed by atoms with Gasteiger partial charge in [-0.25, -0.2) is 15.0 Å². The van der Waals surface area contributed by atoms with Crippen molar-refractivity contribution in [2.75, 3.05) is 32.1 Å². The standard InChI is InChI=1S/C14H24N6.HI/c1-11-5-4-8-20(10-11)13(15)17-9-12-6-7-16-14(18-12)19(2)3;/h6-7,11H,4-5,8-10H2,1-3H3,(H2,15,17);1H. The van der Waals surface area contributed by atoms with E-state index >= 15 is 0 Å². The fourth-order valence-electron chi connectivity index (χ4n) is 2.35. The quantitative estimate of drug-likeness (QED) is 0.472. The number of nitrogens with two attached hydrogens (primary N) is 1. The summed E-state index contributed by atoms with van der Waals surface area (Å²) < 4.78 is 0. The molecule has 1 fully saturated rings. The molecule has 6 nitrogen and oxygen atoms in total. The first-order valence-electron chi connectivity index (χ1n) is 7.10. The van der Waals surface area contributed by atoms with E-state index in [0.29, 0.717) is 24.4 Å². The topological polar surface area (TPSA) is 70.6 Å². The zero-order chi connectivity index (χ0) is 14.5. The van der Waals surface area contributed by atoms with E-state index in [-0.39, 0.29) is 24.0 Å². The maximum absolute atomic E-state index is 6.08. The van der Waals surface area contributed by atoms with Crippen LogP contribution in [0.25, 0.3) is 0 Å². The SMILES string of the molecule is CC1CCCN(C(N)=NCc2ccnc(N(C)C)n2)C1.I. The van der Waals surface area contributed by atoms with Gasteiger partial charge in [0, 0.05) is 33.4 Å². The number of hydrogen-bond acceptors (Lipinski definition) is 4. The third-order valence-corrected chi connectivity index (χ3v) is 3.48. The average Bonchev–Trinajstić information content (AvgIpc) is 2.45. The fraction of sp³-hybridized carbons (Fsp3) is 0.643. The van der Waals surface area contributed by atoms with Crippen LogP contribution >= 0.6 is 24.0 Å². The van der Waals surface area contributed by atoms with E-state index in [0.717, 1.165) is 18.8 Å². The van der Waals surface area contributed by atoms with Crippen molar-refractivity contribution < 1.29 is 0 Å². The Labute approximate surface area is 143 Å². The molecule has 0 aromatic carbocycles. The molecular formula is C14H25IN6. The Bertz CT molecular complexity index is 476. The smallest absolute Gasteiger partial charge is 0.225 e. The Morgan fingerprint density at radius 1 is 1.52 bits per heavy atom. The molecule has 0 bridgehead atoms. The highest BCUT2D eigenvalue weighted by Crippen LogP contribution is 2.15. The van der Waals surface area contributed by atoms with Crippen LogP contribution < -0.4 is 10.6 Å². The molecule has 21 heavy (non-hydrogen) atoms. The highest BCUT2D eigenvalue weighted by molar-refractivity contribution is 14.0. The molecule has 1 unspecified atom stereocenters. The summed E-state index contributed by atoms with van der Waals surface area (Å²) in [7, 11) is 3.84. The highest BCUT2D eigenvalue weighted by atomic mass is 127. The van der Waals surface area contributed by atoms with Gasteiger partial charge in [-0.05, 0) is 24.8 Å². The van der Waals surface area contributed by atoms with Gasteiger partial charge in [0.05, 0.1) is 12.2 Å². The van der Waals surface area contributed by atoms with Crippen molar-refractivity contribution in [3.8, 4) is 0 Å². The molecule has 1 aliphatic heterocycles. The summed E-state index contributed by atoms with van der Waals surface area (Å²) in [6.45, 7) is 4.77. The molecule has 1 atom stereocenters. The van der Waals surface area contributed by atoms with Crippen LogP contribution in [-0.4, -0.2) is 48.0 Å². The first-order valence-corrected chi connectivity index (χ1v) is 7.10. The van der Waals surface area contributed by atoms with E-state index in [4.69, 9.17) is 5.73 Å². The second kappa shape index (κ2) is 8.35.